The number of rotatable bonds is 5. The Morgan fingerprint density at radius 2 is 1.80 bits per heavy atom. The molecule has 0 radical (unpaired) electrons. The van der Waals surface area contributed by atoms with Gasteiger partial charge >= 0.3 is 0 Å². The second-order valence-corrected chi connectivity index (χ2v) is 12.6. The van der Waals surface area contributed by atoms with Gasteiger partial charge in [-0.2, -0.15) is 0 Å². The van der Waals surface area contributed by atoms with Crippen LogP contribution in [0.3, 0.4) is 0 Å². The van der Waals surface area contributed by atoms with Gasteiger partial charge in [0.25, 0.3) is 0 Å². The highest BCUT2D eigenvalue weighted by Crippen LogP contribution is 2.63. The first-order chi connectivity index (χ1) is 14.7. The van der Waals surface area contributed by atoms with Crippen LogP contribution in [0.2, 0.25) is 0 Å². The molecule has 5 heteroatoms. The molecule has 156 valence electrons. The Morgan fingerprint density at radius 3 is 2.53 bits per heavy atom. The summed E-state index contributed by atoms with van der Waals surface area (Å²) in [4.78, 5) is 5.88. The molecule has 2 aliphatic heterocycles. The van der Waals surface area contributed by atoms with Crippen LogP contribution in [0, 0.1) is 5.92 Å². The monoisotopic (exact) mass is 452 g/mol. The summed E-state index contributed by atoms with van der Waals surface area (Å²) in [5.41, 5.74) is 8.77. The molecule has 0 unspecified atom stereocenters. The molecule has 0 spiro atoms. The molecule has 2 heterocycles. The molecule has 2 nitrogen and oxygen atoms in total. The number of allylic oxidation sites excluding steroid dienone is 1. The molecule has 2 N–H and O–H groups in total. The standard InChI is InChI=1S/C25H28N2S3/c26-24-27-16-20(29-24)17-28-25-14-8-7-13-22(25)21(18-9-3-1-4-10-18)15-23(30-25)19-11-5-2-6-12-19/h1-6,9-12,15,20-22H,7-8,13-14,16-17H2,(H2,26,27)/t20-,21+,22+,25-/m0/s1. The lowest BCUT2D eigenvalue weighted by Crippen LogP contribution is -2.41. The summed E-state index contributed by atoms with van der Waals surface area (Å²) in [5, 5.41) is 1.29. The maximum atomic E-state index is 5.95. The number of aliphatic imine (C=N–C) groups is 1. The Bertz CT molecular complexity index is 928. The van der Waals surface area contributed by atoms with Gasteiger partial charge < -0.3 is 5.73 Å². The number of benzene rings is 2. The fraction of sp³-hybridized carbons (Fsp3) is 0.400. The van der Waals surface area contributed by atoms with Crippen LogP contribution in [0.5, 0.6) is 0 Å². The van der Waals surface area contributed by atoms with Gasteiger partial charge in [0.05, 0.1) is 10.6 Å². The maximum absolute atomic E-state index is 5.95. The summed E-state index contributed by atoms with van der Waals surface area (Å²) < 4.78 is 0.233. The lowest BCUT2D eigenvalue weighted by atomic mass is 9.75. The van der Waals surface area contributed by atoms with Crippen LogP contribution in [0.25, 0.3) is 4.91 Å². The quantitative estimate of drug-likeness (QED) is 0.554. The fourth-order valence-electron chi connectivity index (χ4n) is 4.95. The summed E-state index contributed by atoms with van der Waals surface area (Å²) in [6.45, 7) is 0.873. The zero-order valence-electron chi connectivity index (χ0n) is 17.1. The van der Waals surface area contributed by atoms with Crippen molar-refractivity contribution in [3.63, 3.8) is 0 Å². The first-order valence-electron chi connectivity index (χ1n) is 10.9. The summed E-state index contributed by atoms with van der Waals surface area (Å²) in [6.07, 6.45) is 7.84. The minimum Gasteiger partial charge on any atom is -0.379 e. The zero-order chi connectivity index (χ0) is 20.4. The van der Waals surface area contributed by atoms with Crippen molar-refractivity contribution in [2.75, 3.05) is 12.3 Å². The van der Waals surface area contributed by atoms with Crippen LogP contribution in [-0.2, 0) is 0 Å². The molecule has 0 amide bonds. The Morgan fingerprint density at radius 1 is 1.03 bits per heavy atom. The van der Waals surface area contributed by atoms with E-state index in [1.807, 2.05) is 0 Å². The van der Waals surface area contributed by atoms with Crippen molar-refractivity contribution in [3.8, 4) is 0 Å². The van der Waals surface area contributed by atoms with Crippen molar-refractivity contribution in [1.82, 2.24) is 0 Å². The second-order valence-electron chi connectivity index (χ2n) is 8.33. The van der Waals surface area contributed by atoms with Gasteiger partial charge in [0.2, 0.25) is 0 Å². The number of fused-ring (bicyclic) bond motifs is 1. The van der Waals surface area contributed by atoms with Crippen LogP contribution in [0.15, 0.2) is 71.7 Å². The first-order valence-corrected chi connectivity index (χ1v) is 13.5. The van der Waals surface area contributed by atoms with Gasteiger partial charge in [-0.1, -0.05) is 91.3 Å². The molecule has 2 aromatic carbocycles. The van der Waals surface area contributed by atoms with Crippen molar-refractivity contribution in [1.29, 1.82) is 0 Å². The molecule has 5 rings (SSSR count). The molecule has 2 aromatic rings. The normalized spacial score (nSPS) is 31.0. The van der Waals surface area contributed by atoms with E-state index in [2.05, 4.69) is 95.3 Å². The fourth-order valence-corrected chi connectivity index (χ4v) is 9.62. The molecule has 0 saturated heterocycles. The SMILES string of the molecule is NC1=NC[C@@H](CS[C@]23CCCC[C@@H]2[C@@H](c2ccccc2)C=C(c2ccccc2)S3)S1. The minimum absolute atomic E-state index is 0.233. The Kier molecular flexibility index (Phi) is 6.22. The lowest BCUT2D eigenvalue weighted by Gasteiger charge is -2.50. The van der Waals surface area contributed by atoms with Crippen molar-refractivity contribution in [2.24, 2.45) is 16.6 Å². The number of amidine groups is 1. The van der Waals surface area contributed by atoms with Crippen LogP contribution in [0.4, 0.5) is 0 Å². The lowest BCUT2D eigenvalue weighted by molar-refractivity contribution is 0.320. The third-order valence-electron chi connectivity index (χ3n) is 6.40. The van der Waals surface area contributed by atoms with E-state index < -0.39 is 0 Å². The predicted octanol–water partition coefficient (Wildman–Crippen LogP) is 6.61. The van der Waals surface area contributed by atoms with Gasteiger partial charge in [-0.25, -0.2) is 0 Å². The van der Waals surface area contributed by atoms with Crippen molar-refractivity contribution in [2.45, 2.75) is 40.9 Å². The van der Waals surface area contributed by atoms with Gasteiger partial charge in [0.1, 0.15) is 0 Å². The van der Waals surface area contributed by atoms with Gasteiger partial charge in [0.15, 0.2) is 5.17 Å². The van der Waals surface area contributed by atoms with Crippen molar-refractivity contribution in [3.05, 3.63) is 77.9 Å². The van der Waals surface area contributed by atoms with E-state index in [1.54, 1.807) is 11.8 Å². The highest BCUT2D eigenvalue weighted by Gasteiger charge is 2.49. The molecule has 0 bridgehead atoms. The number of nitrogens with two attached hydrogens (primary N) is 1. The smallest absolute Gasteiger partial charge is 0.154 e. The first kappa shape index (κ1) is 20.6. The van der Waals surface area contributed by atoms with E-state index in [0.29, 0.717) is 17.1 Å². The van der Waals surface area contributed by atoms with Crippen molar-refractivity contribution < 1.29 is 0 Å². The average molecular weight is 453 g/mol. The van der Waals surface area contributed by atoms with E-state index in [1.165, 1.54) is 41.7 Å². The highest BCUT2D eigenvalue weighted by atomic mass is 32.2. The maximum Gasteiger partial charge on any atom is 0.154 e. The van der Waals surface area contributed by atoms with Gasteiger partial charge in [-0.15, -0.1) is 23.5 Å². The van der Waals surface area contributed by atoms with Crippen LogP contribution < -0.4 is 5.73 Å². The number of hydrogen-bond donors (Lipinski definition) is 1. The van der Waals surface area contributed by atoms with Crippen molar-refractivity contribution >= 4 is 45.4 Å². The van der Waals surface area contributed by atoms with E-state index in [4.69, 9.17) is 5.73 Å². The van der Waals surface area contributed by atoms with Crippen LogP contribution >= 0.6 is 35.3 Å². The average Bonchev–Trinajstić information content (AvgIpc) is 3.23. The van der Waals surface area contributed by atoms with E-state index in [9.17, 15) is 0 Å². The predicted molar refractivity (Wildman–Crippen MR) is 136 cm³/mol. The van der Waals surface area contributed by atoms with Crippen LogP contribution in [0.1, 0.15) is 42.7 Å². The largest absolute Gasteiger partial charge is 0.379 e. The molecule has 0 aromatic heterocycles. The molecule has 1 fully saturated rings. The zero-order valence-corrected chi connectivity index (χ0v) is 19.5. The molecule has 30 heavy (non-hydrogen) atoms. The topological polar surface area (TPSA) is 38.4 Å². The molecule has 1 saturated carbocycles. The summed E-state index contributed by atoms with van der Waals surface area (Å²) in [5.74, 6) is 2.27. The van der Waals surface area contributed by atoms with E-state index in [0.717, 1.165) is 17.5 Å². The minimum atomic E-state index is 0.233. The number of thioether (sulfide) groups is 3. The van der Waals surface area contributed by atoms with E-state index >= 15 is 0 Å². The Labute approximate surface area is 192 Å². The molecule has 3 aliphatic rings. The third kappa shape index (κ3) is 4.21. The summed E-state index contributed by atoms with van der Waals surface area (Å²) in [6, 6.07) is 22.1. The highest BCUT2D eigenvalue weighted by molar-refractivity contribution is 8.23. The molecule has 4 atom stereocenters. The van der Waals surface area contributed by atoms with Crippen LogP contribution in [-0.4, -0.2) is 26.8 Å². The Balaban J connectivity index is 1.50. The molecule has 1 aliphatic carbocycles. The van der Waals surface area contributed by atoms with Gasteiger partial charge in [0, 0.05) is 21.8 Å². The molecular formula is C25H28N2S3. The number of nitrogens with zero attached hydrogens (tertiary/aromatic N) is 1. The summed E-state index contributed by atoms with van der Waals surface area (Å²) in [7, 11) is 0. The van der Waals surface area contributed by atoms with Gasteiger partial charge in [-0.05, 0) is 29.9 Å². The second kappa shape index (κ2) is 9.05. The van der Waals surface area contributed by atoms with E-state index in [-0.39, 0.29) is 4.08 Å². The molecular weight excluding hydrogens is 424 g/mol. The summed E-state index contributed by atoms with van der Waals surface area (Å²) >= 11 is 6.11. The third-order valence-corrected chi connectivity index (χ3v) is 11.2. The number of hydrogen-bond acceptors (Lipinski definition) is 5. The van der Waals surface area contributed by atoms with Gasteiger partial charge in [-0.3, -0.25) is 4.99 Å². The Hall–Kier alpha value is -1.30.